The summed E-state index contributed by atoms with van der Waals surface area (Å²) in [7, 11) is 3.16. The summed E-state index contributed by atoms with van der Waals surface area (Å²) in [5, 5.41) is 0. The summed E-state index contributed by atoms with van der Waals surface area (Å²) >= 11 is 1.31. The Labute approximate surface area is 190 Å². The molecule has 0 fully saturated rings. The first kappa shape index (κ1) is 23.3. The third-order valence-corrected chi connectivity index (χ3v) is 5.68. The van der Waals surface area contributed by atoms with Gasteiger partial charge in [0.05, 0.1) is 42.7 Å². The molecule has 1 amide bonds. The standard InChI is InChI=1S/C23H26N2O6S/c1-6-29-17-11-15(12-18(30-7-2)20(17)31-8-3)21(26)24-23-25(4)16-10-9-14(22(27)28-5)13-19(16)32-23/h9-13H,6-8H2,1-5H3. The van der Waals surface area contributed by atoms with Gasteiger partial charge in [0.15, 0.2) is 16.3 Å². The summed E-state index contributed by atoms with van der Waals surface area (Å²) in [6.45, 7) is 6.84. The molecule has 0 atom stereocenters. The quantitative estimate of drug-likeness (QED) is 0.475. The molecule has 32 heavy (non-hydrogen) atoms. The second kappa shape index (κ2) is 10.3. The van der Waals surface area contributed by atoms with Crippen molar-refractivity contribution in [3.8, 4) is 17.2 Å². The molecule has 0 saturated carbocycles. The minimum absolute atomic E-state index is 0.327. The van der Waals surface area contributed by atoms with Gasteiger partial charge in [-0.1, -0.05) is 11.3 Å². The van der Waals surface area contributed by atoms with Gasteiger partial charge >= 0.3 is 5.97 Å². The van der Waals surface area contributed by atoms with Crippen LogP contribution >= 0.6 is 11.3 Å². The Morgan fingerprint density at radius 2 is 1.56 bits per heavy atom. The van der Waals surface area contributed by atoms with Gasteiger partial charge in [-0.2, -0.15) is 4.99 Å². The number of ether oxygens (including phenoxy) is 4. The van der Waals surface area contributed by atoms with Gasteiger partial charge in [-0.3, -0.25) is 4.79 Å². The number of fused-ring (bicyclic) bond motifs is 1. The van der Waals surface area contributed by atoms with Crippen LogP contribution in [0.2, 0.25) is 0 Å². The van der Waals surface area contributed by atoms with Gasteiger partial charge < -0.3 is 23.5 Å². The SMILES string of the molecule is CCOc1cc(C(=O)N=c2sc3cc(C(=O)OC)ccc3n2C)cc(OCC)c1OCC. The fourth-order valence-electron chi connectivity index (χ4n) is 3.15. The molecule has 0 aliphatic heterocycles. The average molecular weight is 459 g/mol. The number of rotatable bonds is 8. The van der Waals surface area contributed by atoms with E-state index in [2.05, 4.69) is 4.99 Å². The second-order valence-corrected chi connectivity index (χ2v) is 7.64. The van der Waals surface area contributed by atoms with E-state index in [1.807, 2.05) is 27.8 Å². The van der Waals surface area contributed by atoms with Crippen LogP contribution in [0.25, 0.3) is 10.2 Å². The van der Waals surface area contributed by atoms with Crippen LogP contribution in [0.5, 0.6) is 17.2 Å². The van der Waals surface area contributed by atoms with Crippen LogP contribution in [-0.4, -0.2) is 43.4 Å². The average Bonchev–Trinajstić information content (AvgIpc) is 3.09. The molecular formula is C23H26N2O6S. The highest BCUT2D eigenvalue weighted by Crippen LogP contribution is 2.39. The maximum atomic E-state index is 13.0. The first-order valence-corrected chi connectivity index (χ1v) is 11.1. The summed E-state index contributed by atoms with van der Waals surface area (Å²) in [5.41, 5.74) is 1.62. The van der Waals surface area contributed by atoms with Gasteiger partial charge in [-0.05, 0) is 51.1 Å². The summed E-state index contributed by atoms with van der Waals surface area (Å²) in [4.78, 5) is 29.7. The predicted octanol–water partition coefficient (Wildman–Crippen LogP) is 3.96. The Morgan fingerprint density at radius 1 is 0.938 bits per heavy atom. The van der Waals surface area contributed by atoms with Crippen LogP contribution in [0.1, 0.15) is 41.5 Å². The molecule has 0 bridgehead atoms. The molecule has 0 aliphatic rings. The minimum atomic E-state index is -0.440. The lowest BCUT2D eigenvalue weighted by atomic mass is 10.1. The number of benzene rings is 2. The van der Waals surface area contributed by atoms with Gasteiger partial charge in [0, 0.05) is 12.6 Å². The topological polar surface area (TPSA) is 88.3 Å². The van der Waals surface area contributed by atoms with E-state index in [9.17, 15) is 9.59 Å². The third-order valence-electron chi connectivity index (χ3n) is 4.58. The smallest absolute Gasteiger partial charge is 0.337 e. The van der Waals surface area contributed by atoms with E-state index in [1.165, 1.54) is 18.4 Å². The largest absolute Gasteiger partial charge is 0.490 e. The molecule has 2 aromatic carbocycles. The van der Waals surface area contributed by atoms with Gasteiger partial charge in [0.25, 0.3) is 5.91 Å². The Balaban J connectivity index is 2.07. The van der Waals surface area contributed by atoms with E-state index < -0.39 is 11.9 Å². The molecule has 0 aliphatic carbocycles. The van der Waals surface area contributed by atoms with Crippen molar-refractivity contribution in [3.05, 3.63) is 46.3 Å². The summed E-state index contributed by atoms with van der Waals surface area (Å²) < 4.78 is 24.5. The fraction of sp³-hybridized carbons (Fsp3) is 0.348. The van der Waals surface area contributed by atoms with Crippen molar-refractivity contribution < 1.29 is 28.5 Å². The molecule has 0 saturated heterocycles. The zero-order valence-electron chi connectivity index (χ0n) is 18.8. The van der Waals surface area contributed by atoms with Gasteiger partial charge in [-0.15, -0.1) is 0 Å². The van der Waals surface area contributed by atoms with Crippen molar-refractivity contribution >= 4 is 33.4 Å². The van der Waals surface area contributed by atoms with Crippen LogP contribution in [0, 0.1) is 0 Å². The molecule has 3 aromatic rings. The van der Waals surface area contributed by atoms with Crippen LogP contribution in [-0.2, 0) is 11.8 Å². The highest BCUT2D eigenvalue weighted by molar-refractivity contribution is 7.16. The van der Waals surface area contributed by atoms with Gasteiger partial charge in [0.2, 0.25) is 5.75 Å². The Morgan fingerprint density at radius 3 is 2.12 bits per heavy atom. The number of methoxy groups -OCH3 is 1. The van der Waals surface area contributed by atoms with Crippen molar-refractivity contribution in [2.24, 2.45) is 12.0 Å². The van der Waals surface area contributed by atoms with E-state index >= 15 is 0 Å². The zero-order chi connectivity index (χ0) is 23.3. The molecule has 1 heterocycles. The zero-order valence-corrected chi connectivity index (χ0v) is 19.6. The minimum Gasteiger partial charge on any atom is -0.490 e. The highest BCUT2D eigenvalue weighted by Gasteiger charge is 2.18. The van der Waals surface area contributed by atoms with E-state index in [1.54, 1.807) is 34.9 Å². The number of nitrogens with zero attached hydrogens (tertiary/aromatic N) is 2. The van der Waals surface area contributed by atoms with Gasteiger partial charge in [0.1, 0.15) is 0 Å². The van der Waals surface area contributed by atoms with Crippen molar-refractivity contribution in [2.45, 2.75) is 20.8 Å². The van der Waals surface area contributed by atoms with Crippen molar-refractivity contribution in [1.82, 2.24) is 4.57 Å². The van der Waals surface area contributed by atoms with E-state index in [-0.39, 0.29) is 0 Å². The van der Waals surface area contributed by atoms with Crippen LogP contribution < -0.4 is 19.0 Å². The Bertz CT molecular complexity index is 1180. The summed E-state index contributed by atoms with van der Waals surface area (Å²) in [5.74, 6) is 0.476. The maximum absolute atomic E-state index is 13.0. The normalized spacial score (nSPS) is 11.5. The monoisotopic (exact) mass is 458 g/mol. The lowest BCUT2D eigenvalue weighted by Gasteiger charge is -2.16. The molecule has 8 nitrogen and oxygen atoms in total. The predicted molar refractivity (Wildman–Crippen MR) is 122 cm³/mol. The van der Waals surface area contributed by atoms with Crippen molar-refractivity contribution in [1.29, 1.82) is 0 Å². The summed E-state index contributed by atoms with van der Waals surface area (Å²) in [6.07, 6.45) is 0. The lowest BCUT2D eigenvalue weighted by Crippen LogP contribution is -2.13. The van der Waals surface area contributed by atoms with E-state index in [0.29, 0.717) is 53.0 Å². The first-order chi connectivity index (χ1) is 15.4. The molecular weight excluding hydrogens is 432 g/mol. The maximum Gasteiger partial charge on any atom is 0.337 e. The number of carbonyl (C=O) groups excluding carboxylic acids is 2. The number of aromatic nitrogens is 1. The molecule has 0 spiro atoms. The number of thiazole rings is 1. The fourth-order valence-corrected chi connectivity index (χ4v) is 4.21. The molecule has 3 rings (SSSR count). The lowest BCUT2D eigenvalue weighted by molar-refractivity contribution is 0.0600. The molecule has 0 unspecified atom stereocenters. The number of hydrogen-bond donors (Lipinski definition) is 0. The van der Waals surface area contributed by atoms with Crippen molar-refractivity contribution in [2.75, 3.05) is 26.9 Å². The van der Waals surface area contributed by atoms with Crippen molar-refractivity contribution in [3.63, 3.8) is 0 Å². The first-order valence-electron chi connectivity index (χ1n) is 10.3. The molecule has 9 heteroatoms. The second-order valence-electron chi connectivity index (χ2n) is 6.64. The molecule has 0 radical (unpaired) electrons. The number of hydrogen-bond acceptors (Lipinski definition) is 7. The van der Waals surface area contributed by atoms with Crippen LogP contribution in [0.15, 0.2) is 35.3 Å². The molecule has 0 N–H and O–H groups in total. The van der Waals surface area contributed by atoms with Crippen LogP contribution in [0.4, 0.5) is 0 Å². The highest BCUT2D eigenvalue weighted by atomic mass is 32.1. The number of esters is 1. The number of aryl methyl sites for hydroxylation is 1. The Hall–Kier alpha value is -3.33. The Kier molecular flexibility index (Phi) is 7.53. The number of amides is 1. The number of carbonyl (C=O) groups is 2. The molecule has 1 aromatic heterocycles. The van der Waals surface area contributed by atoms with E-state index in [0.717, 1.165) is 10.2 Å². The third kappa shape index (κ3) is 4.77. The van der Waals surface area contributed by atoms with Gasteiger partial charge in [-0.25, -0.2) is 4.79 Å². The van der Waals surface area contributed by atoms with Crippen LogP contribution in [0.3, 0.4) is 0 Å². The summed E-state index contributed by atoms with van der Waals surface area (Å²) in [6, 6.07) is 8.45. The molecule has 170 valence electrons. The van der Waals surface area contributed by atoms with E-state index in [4.69, 9.17) is 18.9 Å².